The second-order valence-corrected chi connectivity index (χ2v) is 6.28. The molecule has 0 aliphatic carbocycles. The Morgan fingerprint density at radius 3 is 2.50 bits per heavy atom. The van der Waals surface area contributed by atoms with E-state index in [9.17, 15) is 0 Å². The average molecular weight is 327 g/mol. The van der Waals surface area contributed by atoms with Crippen molar-refractivity contribution in [3.63, 3.8) is 0 Å². The van der Waals surface area contributed by atoms with Crippen LogP contribution in [0.15, 0.2) is 42.5 Å². The van der Waals surface area contributed by atoms with Gasteiger partial charge in [-0.05, 0) is 44.5 Å². The van der Waals surface area contributed by atoms with E-state index >= 15 is 0 Å². The average Bonchev–Trinajstić information content (AvgIpc) is 2.59. The van der Waals surface area contributed by atoms with Crippen molar-refractivity contribution in [3.05, 3.63) is 53.6 Å². The van der Waals surface area contributed by atoms with Gasteiger partial charge in [0.25, 0.3) is 0 Å². The molecule has 0 aromatic heterocycles. The number of fused-ring (bicyclic) bond motifs is 1. The van der Waals surface area contributed by atoms with Gasteiger partial charge in [0.1, 0.15) is 19.0 Å². The Bertz CT molecular complexity index is 667. The third-order valence-corrected chi connectivity index (χ3v) is 4.00. The molecule has 1 heterocycles. The molecule has 24 heavy (non-hydrogen) atoms. The van der Waals surface area contributed by atoms with Crippen LogP contribution in [0.2, 0.25) is 0 Å². The Morgan fingerprint density at radius 2 is 1.75 bits per heavy atom. The summed E-state index contributed by atoms with van der Waals surface area (Å²) in [5.74, 6) is 2.61. The Kier molecular flexibility index (Phi) is 5.26. The lowest BCUT2D eigenvalue weighted by Gasteiger charge is -2.22. The van der Waals surface area contributed by atoms with E-state index in [-0.39, 0.29) is 12.1 Å². The van der Waals surface area contributed by atoms with Crippen LogP contribution in [0.4, 0.5) is 0 Å². The molecule has 0 bridgehead atoms. The highest BCUT2D eigenvalue weighted by Gasteiger charge is 2.16. The molecule has 4 heteroatoms. The fraction of sp³-hybridized carbons (Fsp3) is 0.400. The lowest BCUT2D eigenvalue weighted by Crippen LogP contribution is -2.21. The molecule has 4 nitrogen and oxygen atoms in total. The van der Waals surface area contributed by atoms with Crippen molar-refractivity contribution in [2.24, 2.45) is 0 Å². The fourth-order valence-electron chi connectivity index (χ4n) is 2.76. The van der Waals surface area contributed by atoms with Gasteiger partial charge >= 0.3 is 0 Å². The predicted molar refractivity (Wildman–Crippen MR) is 94.9 cm³/mol. The maximum absolute atomic E-state index is 5.76. The molecule has 1 aliphatic heterocycles. The zero-order chi connectivity index (χ0) is 16.9. The van der Waals surface area contributed by atoms with E-state index in [4.69, 9.17) is 14.2 Å². The van der Waals surface area contributed by atoms with Crippen LogP contribution >= 0.6 is 0 Å². The van der Waals surface area contributed by atoms with Gasteiger partial charge in [-0.15, -0.1) is 0 Å². The molecule has 2 aromatic rings. The fourth-order valence-corrected chi connectivity index (χ4v) is 2.76. The van der Waals surface area contributed by atoms with Gasteiger partial charge in [-0.1, -0.05) is 24.3 Å². The van der Waals surface area contributed by atoms with Crippen LogP contribution in [-0.2, 0) is 6.54 Å². The number of benzene rings is 2. The van der Waals surface area contributed by atoms with Crippen LogP contribution in [-0.4, -0.2) is 19.3 Å². The highest BCUT2D eigenvalue weighted by Crippen LogP contribution is 2.33. The number of para-hydroxylation sites is 1. The highest BCUT2D eigenvalue weighted by atomic mass is 16.6. The summed E-state index contributed by atoms with van der Waals surface area (Å²) >= 11 is 0. The molecule has 0 saturated carbocycles. The number of ether oxygens (including phenoxy) is 3. The molecular formula is C20H25NO3. The molecule has 0 fully saturated rings. The van der Waals surface area contributed by atoms with E-state index in [2.05, 4.69) is 30.4 Å². The van der Waals surface area contributed by atoms with Crippen LogP contribution in [0.25, 0.3) is 0 Å². The molecular weight excluding hydrogens is 302 g/mol. The van der Waals surface area contributed by atoms with Gasteiger partial charge in [0.05, 0.1) is 6.10 Å². The van der Waals surface area contributed by atoms with E-state index in [1.807, 2.05) is 38.1 Å². The Hall–Kier alpha value is -2.20. The van der Waals surface area contributed by atoms with Gasteiger partial charge in [-0.25, -0.2) is 0 Å². The maximum Gasteiger partial charge on any atom is 0.165 e. The minimum absolute atomic E-state index is 0.192. The molecule has 0 saturated heterocycles. The third-order valence-electron chi connectivity index (χ3n) is 4.00. The summed E-state index contributed by atoms with van der Waals surface area (Å²) in [5, 5.41) is 3.55. The molecule has 0 radical (unpaired) electrons. The zero-order valence-corrected chi connectivity index (χ0v) is 14.5. The Morgan fingerprint density at radius 1 is 1.00 bits per heavy atom. The lowest BCUT2D eigenvalue weighted by atomic mass is 10.1. The summed E-state index contributed by atoms with van der Waals surface area (Å²) in [7, 11) is 0. The minimum atomic E-state index is 0.192. The van der Waals surface area contributed by atoms with Crippen molar-refractivity contribution in [3.8, 4) is 17.2 Å². The maximum atomic E-state index is 5.76. The van der Waals surface area contributed by atoms with Gasteiger partial charge in [0, 0.05) is 18.2 Å². The van der Waals surface area contributed by atoms with Crippen LogP contribution in [0, 0.1) is 0 Å². The van der Waals surface area contributed by atoms with E-state index in [1.54, 1.807) is 0 Å². The Balaban J connectivity index is 1.62. The van der Waals surface area contributed by atoms with Crippen molar-refractivity contribution in [1.82, 2.24) is 5.32 Å². The van der Waals surface area contributed by atoms with Crippen molar-refractivity contribution < 1.29 is 14.2 Å². The first-order chi connectivity index (χ1) is 11.6. The molecule has 2 aromatic carbocycles. The zero-order valence-electron chi connectivity index (χ0n) is 14.5. The molecule has 1 aliphatic rings. The largest absolute Gasteiger partial charge is 0.491 e. The smallest absolute Gasteiger partial charge is 0.165 e. The van der Waals surface area contributed by atoms with E-state index in [0.29, 0.717) is 13.2 Å². The van der Waals surface area contributed by atoms with Crippen LogP contribution in [0.1, 0.15) is 37.9 Å². The molecule has 1 N–H and O–H groups in total. The predicted octanol–water partition coefficient (Wildman–Crippen LogP) is 4.10. The van der Waals surface area contributed by atoms with Gasteiger partial charge < -0.3 is 19.5 Å². The van der Waals surface area contributed by atoms with Crippen molar-refractivity contribution >= 4 is 0 Å². The standard InChI is InChI=1S/C20H25NO3/c1-14(2)24-18-9-7-16(8-10-18)15(3)21-13-17-5-4-6-19-20(17)23-12-11-22-19/h4-10,14-15,21H,11-13H2,1-3H3. The van der Waals surface area contributed by atoms with Crippen molar-refractivity contribution in [2.75, 3.05) is 13.2 Å². The lowest BCUT2D eigenvalue weighted by molar-refractivity contribution is 0.169. The number of nitrogens with one attached hydrogen (secondary N) is 1. The third kappa shape index (κ3) is 4.01. The summed E-state index contributed by atoms with van der Waals surface area (Å²) < 4.78 is 17.1. The summed E-state index contributed by atoms with van der Waals surface area (Å²) in [5.41, 5.74) is 2.35. The monoisotopic (exact) mass is 327 g/mol. The summed E-state index contributed by atoms with van der Waals surface area (Å²) in [4.78, 5) is 0. The number of hydrogen-bond acceptors (Lipinski definition) is 4. The molecule has 3 rings (SSSR count). The van der Waals surface area contributed by atoms with Crippen molar-refractivity contribution in [2.45, 2.75) is 39.5 Å². The highest BCUT2D eigenvalue weighted by molar-refractivity contribution is 5.47. The number of hydrogen-bond donors (Lipinski definition) is 1. The molecule has 0 spiro atoms. The normalized spacial score (nSPS) is 14.5. The van der Waals surface area contributed by atoms with E-state index < -0.39 is 0 Å². The minimum Gasteiger partial charge on any atom is -0.491 e. The van der Waals surface area contributed by atoms with Gasteiger partial charge in [-0.2, -0.15) is 0 Å². The van der Waals surface area contributed by atoms with Crippen molar-refractivity contribution in [1.29, 1.82) is 0 Å². The van der Waals surface area contributed by atoms with Gasteiger partial charge in [0.15, 0.2) is 11.5 Å². The van der Waals surface area contributed by atoms with Gasteiger partial charge in [-0.3, -0.25) is 0 Å². The Labute approximate surface area is 143 Å². The molecule has 1 atom stereocenters. The summed E-state index contributed by atoms with van der Waals surface area (Å²) in [6.45, 7) is 8.18. The molecule has 0 amide bonds. The molecule has 128 valence electrons. The second kappa shape index (κ2) is 7.58. The van der Waals surface area contributed by atoms with Crippen LogP contribution in [0.3, 0.4) is 0 Å². The first kappa shape index (κ1) is 16.7. The first-order valence-electron chi connectivity index (χ1n) is 8.51. The number of rotatable bonds is 6. The van der Waals surface area contributed by atoms with Crippen LogP contribution in [0.5, 0.6) is 17.2 Å². The van der Waals surface area contributed by atoms with E-state index in [1.165, 1.54) is 5.56 Å². The van der Waals surface area contributed by atoms with E-state index in [0.717, 1.165) is 29.4 Å². The SMILES string of the molecule is CC(C)Oc1ccc(C(C)NCc2cccc3c2OCCO3)cc1. The first-order valence-corrected chi connectivity index (χ1v) is 8.51. The second-order valence-electron chi connectivity index (χ2n) is 6.28. The summed E-state index contributed by atoms with van der Waals surface area (Å²) in [6.07, 6.45) is 0.192. The van der Waals surface area contributed by atoms with Gasteiger partial charge in [0.2, 0.25) is 0 Å². The topological polar surface area (TPSA) is 39.7 Å². The quantitative estimate of drug-likeness (QED) is 0.867. The summed E-state index contributed by atoms with van der Waals surface area (Å²) in [6, 6.07) is 14.5. The van der Waals surface area contributed by atoms with Crippen LogP contribution < -0.4 is 19.5 Å². The molecule has 1 unspecified atom stereocenters.